The molecule has 2 aromatic rings. The van der Waals surface area contributed by atoms with Crippen molar-refractivity contribution < 1.29 is 0 Å². The minimum absolute atomic E-state index is 0.0338. The Morgan fingerprint density at radius 3 is 2.00 bits per heavy atom. The van der Waals surface area contributed by atoms with Crippen molar-refractivity contribution in [3.63, 3.8) is 0 Å². The highest BCUT2D eigenvalue weighted by Gasteiger charge is 2.41. The number of rotatable bonds is 2. The van der Waals surface area contributed by atoms with Crippen LogP contribution in [0.4, 0.5) is 0 Å². The fraction of sp³-hybridized carbons (Fsp3) is 0.588. The topological polar surface area (TPSA) is 43.8 Å². The fourth-order valence-corrected chi connectivity index (χ4v) is 2.41. The third-order valence-corrected chi connectivity index (χ3v) is 4.40. The summed E-state index contributed by atoms with van der Waals surface area (Å²) in [5, 5.41) is 0. The molecule has 0 aliphatic heterocycles. The zero-order valence-corrected chi connectivity index (χ0v) is 13.8. The highest BCUT2D eigenvalue weighted by atomic mass is 15.1. The van der Waals surface area contributed by atoms with Gasteiger partial charge in [0.2, 0.25) is 0 Å². The molecule has 0 saturated carbocycles. The molecular formula is C17H27N3. The van der Waals surface area contributed by atoms with Crippen LogP contribution < -0.4 is 5.73 Å². The molecule has 20 heavy (non-hydrogen) atoms. The van der Waals surface area contributed by atoms with Gasteiger partial charge in [0.05, 0.1) is 11.0 Å². The van der Waals surface area contributed by atoms with Crippen LogP contribution in [-0.4, -0.2) is 15.1 Å². The number of hydrogen-bond acceptors (Lipinski definition) is 2. The number of nitrogens with zero attached hydrogens (tertiary/aromatic N) is 2. The Kier molecular flexibility index (Phi) is 3.25. The molecule has 0 aliphatic rings. The van der Waals surface area contributed by atoms with E-state index in [0.717, 1.165) is 11.3 Å². The number of imidazole rings is 1. The highest BCUT2D eigenvalue weighted by Crippen LogP contribution is 2.37. The molecule has 1 aromatic heterocycles. The van der Waals surface area contributed by atoms with Crippen LogP contribution in [0.3, 0.4) is 0 Å². The number of benzene rings is 1. The molecule has 1 aromatic carbocycles. The maximum Gasteiger partial charge on any atom is 0.117 e. The lowest BCUT2D eigenvalue weighted by atomic mass is 9.74. The van der Waals surface area contributed by atoms with E-state index in [4.69, 9.17) is 10.7 Å². The zero-order valence-electron chi connectivity index (χ0n) is 13.8. The van der Waals surface area contributed by atoms with Gasteiger partial charge in [-0.1, -0.05) is 26.0 Å². The maximum atomic E-state index is 6.43. The molecule has 0 amide bonds. The minimum atomic E-state index is -0.350. The summed E-state index contributed by atoms with van der Waals surface area (Å²) in [6.45, 7) is 15.1. The molecule has 3 heteroatoms. The number of hydrogen-bond donors (Lipinski definition) is 1. The monoisotopic (exact) mass is 273 g/mol. The largest absolute Gasteiger partial charge is 0.325 e. The van der Waals surface area contributed by atoms with Gasteiger partial charge in [0, 0.05) is 16.5 Å². The van der Waals surface area contributed by atoms with E-state index in [0.29, 0.717) is 0 Å². The normalized spacial score (nSPS) is 14.0. The molecule has 1 heterocycles. The van der Waals surface area contributed by atoms with Crippen LogP contribution in [0.1, 0.15) is 54.3 Å². The number of fused-ring (bicyclic) bond motifs is 1. The molecule has 0 radical (unpaired) electrons. The van der Waals surface area contributed by atoms with Gasteiger partial charge in [-0.25, -0.2) is 4.98 Å². The summed E-state index contributed by atoms with van der Waals surface area (Å²) in [7, 11) is 0. The van der Waals surface area contributed by atoms with E-state index in [2.05, 4.69) is 71.2 Å². The van der Waals surface area contributed by atoms with Gasteiger partial charge < -0.3 is 10.3 Å². The Morgan fingerprint density at radius 2 is 1.50 bits per heavy atom. The summed E-state index contributed by atoms with van der Waals surface area (Å²) in [5.41, 5.74) is 8.03. The van der Waals surface area contributed by atoms with Crippen LogP contribution in [-0.2, 0) is 11.0 Å². The fourth-order valence-electron chi connectivity index (χ4n) is 2.41. The predicted molar refractivity (Wildman–Crippen MR) is 86.0 cm³/mol. The molecule has 2 rings (SSSR count). The smallest absolute Gasteiger partial charge is 0.117 e. The second-order valence-electron chi connectivity index (χ2n) is 7.78. The van der Waals surface area contributed by atoms with Crippen molar-refractivity contribution in [1.29, 1.82) is 0 Å². The summed E-state index contributed by atoms with van der Waals surface area (Å²) in [6, 6.07) is 8.31. The second-order valence-corrected chi connectivity index (χ2v) is 7.78. The van der Waals surface area contributed by atoms with E-state index in [1.807, 2.05) is 6.07 Å². The lowest BCUT2D eigenvalue weighted by molar-refractivity contribution is 0.262. The van der Waals surface area contributed by atoms with Crippen LogP contribution in [0.15, 0.2) is 24.3 Å². The Bertz CT molecular complexity index is 622. The first-order valence-corrected chi connectivity index (χ1v) is 7.23. The molecule has 0 fully saturated rings. The Morgan fingerprint density at radius 1 is 0.950 bits per heavy atom. The molecule has 110 valence electrons. The molecule has 0 unspecified atom stereocenters. The van der Waals surface area contributed by atoms with E-state index >= 15 is 0 Å². The van der Waals surface area contributed by atoms with Gasteiger partial charge in [-0.05, 0) is 46.8 Å². The van der Waals surface area contributed by atoms with Gasteiger partial charge in [-0.3, -0.25) is 0 Å². The first-order chi connectivity index (χ1) is 8.96. The molecular weight excluding hydrogens is 246 g/mol. The average Bonchev–Trinajstić information content (AvgIpc) is 2.66. The first-order valence-electron chi connectivity index (χ1n) is 7.23. The maximum absolute atomic E-state index is 6.43. The summed E-state index contributed by atoms with van der Waals surface area (Å²) in [4.78, 5) is 4.90. The van der Waals surface area contributed by atoms with Crippen molar-refractivity contribution >= 4 is 11.0 Å². The minimum Gasteiger partial charge on any atom is -0.325 e. The van der Waals surface area contributed by atoms with Crippen molar-refractivity contribution in [3.05, 3.63) is 30.1 Å². The van der Waals surface area contributed by atoms with Crippen LogP contribution in [0.2, 0.25) is 0 Å². The van der Waals surface area contributed by atoms with Gasteiger partial charge in [0.25, 0.3) is 0 Å². The Balaban J connectivity index is 2.84. The Labute approximate surface area is 122 Å². The molecule has 2 N–H and O–H groups in total. The standard InChI is InChI=1S/C17H27N3/c1-15(2,3)20-13-11-9-8-10-12(13)19-14(20)16(4,5)17(6,7)18/h8-11H,18H2,1-7H3. The first kappa shape index (κ1) is 15.0. The van der Waals surface area contributed by atoms with Crippen molar-refractivity contribution in [1.82, 2.24) is 9.55 Å². The number of nitrogens with two attached hydrogens (primary N) is 1. The van der Waals surface area contributed by atoms with E-state index in [9.17, 15) is 0 Å². The molecule has 0 spiro atoms. The van der Waals surface area contributed by atoms with E-state index in [1.165, 1.54) is 5.52 Å². The van der Waals surface area contributed by atoms with Crippen molar-refractivity contribution in [2.24, 2.45) is 5.73 Å². The molecule has 0 saturated heterocycles. The van der Waals surface area contributed by atoms with Gasteiger partial charge in [0.15, 0.2) is 0 Å². The van der Waals surface area contributed by atoms with Crippen LogP contribution in [0, 0.1) is 0 Å². The van der Waals surface area contributed by atoms with E-state index < -0.39 is 0 Å². The molecule has 0 atom stereocenters. The number of aromatic nitrogens is 2. The summed E-state index contributed by atoms with van der Waals surface area (Å²) < 4.78 is 2.33. The van der Waals surface area contributed by atoms with Crippen LogP contribution >= 0.6 is 0 Å². The summed E-state index contributed by atoms with van der Waals surface area (Å²) in [6.07, 6.45) is 0. The van der Waals surface area contributed by atoms with Crippen LogP contribution in [0.25, 0.3) is 11.0 Å². The molecule has 0 bridgehead atoms. The van der Waals surface area contributed by atoms with Crippen molar-refractivity contribution in [2.75, 3.05) is 0 Å². The van der Waals surface area contributed by atoms with Gasteiger partial charge in [0.1, 0.15) is 5.82 Å². The van der Waals surface area contributed by atoms with Crippen molar-refractivity contribution in [3.8, 4) is 0 Å². The SMILES string of the molecule is CC(C)(C)n1c(C(C)(C)C(C)(C)N)nc2ccccc21. The Hall–Kier alpha value is -1.35. The summed E-state index contributed by atoms with van der Waals surface area (Å²) in [5.74, 6) is 1.05. The zero-order chi connectivity index (χ0) is 15.3. The number of para-hydroxylation sites is 2. The van der Waals surface area contributed by atoms with Crippen molar-refractivity contribution in [2.45, 2.75) is 65.0 Å². The van der Waals surface area contributed by atoms with E-state index in [-0.39, 0.29) is 16.5 Å². The van der Waals surface area contributed by atoms with Crippen LogP contribution in [0.5, 0.6) is 0 Å². The van der Waals surface area contributed by atoms with Gasteiger partial charge >= 0.3 is 0 Å². The van der Waals surface area contributed by atoms with Gasteiger partial charge in [-0.2, -0.15) is 0 Å². The third kappa shape index (κ3) is 2.24. The van der Waals surface area contributed by atoms with Gasteiger partial charge in [-0.15, -0.1) is 0 Å². The quantitative estimate of drug-likeness (QED) is 0.904. The highest BCUT2D eigenvalue weighted by molar-refractivity contribution is 5.76. The lowest BCUT2D eigenvalue weighted by Crippen LogP contribution is -2.52. The molecule has 0 aliphatic carbocycles. The average molecular weight is 273 g/mol. The molecule has 3 nitrogen and oxygen atoms in total. The predicted octanol–water partition coefficient (Wildman–Crippen LogP) is 3.81. The third-order valence-electron chi connectivity index (χ3n) is 4.40. The summed E-state index contributed by atoms with van der Waals surface area (Å²) >= 11 is 0. The lowest BCUT2D eigenvalue weighted by Gasteiger charge is -2.40. The van der Waals surface area contributed by atoms with E-state index in [1.54, 1.807) is 0 Å². The second kappa shape index (κ2) is 4.32.